The summed E-state index contributed by atoms with van der Waals surface area (Å²) in [5, 5.41) is 5.79. The number of anilines is 2. The summed E-state index contributed by atoms with van der Waals surface area (Å²) in [6.07, 6.45) is 3.12. The van der Waals surface area contributed by atoms with Gasteiger partial charge in [0, 0.05) is 40.1 Å². The molecule has 1 fully saturated rings. The van der Waals surface area contributed by atoms with Crippen molar-refractivity contribution in [2.75, 3.05) is 11.1 Å². The van der Waals surface area contributed by atoms with Crippen LogP contribution in [0.4, 0.5) is 11.4 Å². The van der Waals surface area contributed by atoms with Gasteiger partial charge >= 0.3 is 0 Å². The normalized spacial score (nSPS) is 22.7. The maximum Gasteiger partial charge on any atom is 0.0424 e. The van der Waals surface area contributed by atoms with E-state index in [0.29, 0.717) is 6.04 Å². The molecule has 17 heavy (non-hydrogen) atoms. The van der Waals surface area contributed by atoms with Crippen LogP contribution in [0, 0.1) is 12.8 Å². The summed E-state index contributed by atoms with van der Waals surface area (Å²) in [6.45, 7) is 4.27. The van der Waals surface area contributed by atoms with Crippen molar-refractivity contribution in [3.63, 3.8) is 0 Å². The molecule has 3 nitrogen and oxygen atoms in total. The first-order valence-corrected chi connectivity index (χ1v) is 6.06. The molecular formula is C14H17N3. The van der Waals surface area contributed by atoms with Crippen LogP contribution in [0.3, 0.4) is 0 Å². The first kappa shape index (κ1) is 10.4. The molecule has 1 heterocycles. The van der Waals surface area contributed by atoms with Gasteiger partial charge in [0.2, 0.25) is 0 Å². The fraction of sp³-hybridized carbons (Fsp3) is 0.357. The van der Waals surface area contributed by atoms with Crippen LogP contribution in [0.2, 0.25) is 0 Å². The van der Waals surface area contributed by atoms with Gasteiger partial charge in [0.1, 0.15) is 0 Å². The van der Waals surface area contributed by atoms with E-state index in [1.807, 2.05) is 19.2 Å². The van der Waals surface area contributed by atoms with Crippen LogP contribution in [0.5, 0.6) is 0 Å². The molecule has 1 aromatic carbocycles. The summed E-state index contributed by atoms with van der Waals surface area (Å²) in [4.78, 5) is 4.31. The SMILES string of the molecule is Cc1cc2c(NC3CC3C)ccc(N)c2cn1. The Balaban J connectivity index is 2.10. The van der Waals surface area contributed by atoms with E-state index >= 15 is 0 Å². The van der Waals surface area contributed by atoms with Crippen molar-refractivity contribution in [2.45, 2.75) is 26.3 Å². The molecule has 0 saturated heterocycles. The molecule has 0 radical (unpaired) electrons. The van der Waals surface area contributed by atoms with Crippen LogP contribution in [0.25, 0.3) is 10.8 Å². The number of nitrogen functional groups attached to an aromatic ring is 1. The van der Waals surface area contributed by atoms with E-state index in [-0.39, 0.29) is 0 Å². The van der Waals surface area contributed by atoms with Crippen LogP contribution in [0.1, 0.15) is 19.0 Å². The molecule has 2 atom stereocenters. The molecule has 1 aromatic heterocycles. The summed E-state index contributed by atoms with van der Waals surface area (Å²) >= 11 is 0. The van der Waals surface area contributed by atoms with Crippen molar-refractivity contribution in [1.29, 1.82) is 0 Å². The van der Waals surface area contributed by atoms with Crippen molar-refractivity contribution in [2.24, 2.45) is 5.92 Å². The Hall–Kier alpha value is -1.77. The van der Waals surface area contributed by atoms with Gasteiger partial charge in [-0.15, -0.1) is 0 Å². The van der Waals surface area contributed by atoms with Gasteiger partial charge in [-0.1, -0.05) is 6.92 Å². The van der Waals surface area contributed by atoms with Crippen molar-refractivity contribution in [3.05, 3.63) is 30.1 Å². The lowest BCUT2D eigenvalue weighted by Crippen LogP contribution is -2.04. The van der Waals surface area contributed by atoms with Crippen LogP contribution in [0.15, 0.2) is 24.4 Å². The van der Waals surface area contributed by atoms with Crippen molar-refractivity contribution in [3.8, 4) is 0 Å². The van der Waals surface area contributed by atoms with Crippen LogP contribution >= 0.6 is 0 Å². The Kier molecular flexibility index (Phi) is 2.21. The van der Waals surface area contributed by atoms with Gasteiger partial charge in [0.05, 0.1) is 0 Å². The quantitative estimate of drug-likeness (QED) is 0.775. The molecule has 1 aliphatic carbocycles. The molecule has 2 unspecified atom stereocenters. The topological polar surface area (TPSA) is 50.9 Å². The lowest BCUT2D eigenvalue weighted by atomic mass is 10.1. The highest BCUT2D eigenvalue weighted by Crippen LogP contribution is 2.36. The fourth-order valence-electron chi connectivity index (χ4n) is 2.21. The second-order valence-corrected chi connectivity index (χ2v) is 5.04. The van der Waals surface area contributed by atoms with Crippen LogP contribution in [-0.4, -0.2) is 11.0 Å². The van der Waals surface area contributed by atoms with Gasteiger partial charge in [-0.05, 0) is 37.5 Å². The smallest absolute Gasteiger partial charge is 0.0424 e. The highest BCUT2D eigenvalue weighted by Gasteiger charge is 2.32. The molecule has 1 aliphatic rings. The number of nitrogens with zero attached hydrogens (tertiary/aromatic N) is 1. The first-order chi connectivity index (χ1) is 8.15. The zero-order valence-corrected chi connectivity index (χ0v) is 10.2. The molecule has 3 heteroatoms. The average Bonchev–Trinajstić information content (AvgIpc) is 2.98. The number of hydrogen-bond acceptors (Lipinski definition) is 3. The maximum absolute atomic E-state index is 5.98. The van der Waals surface area contributed by atoms with Gasteiger partial charge < -0.3 is 11.1 Å². The highest BCUT2D eigenvalue weighted by atomic mass is 15.0. The lowest BCUT2D eigenvalue weighted by molar-refractivity contribution is 0.930. The molecule has 0 spiro atoms. The van der Waals surface area contributed by atoms with E-state index < -0.39 is 0 Å². The highest BCUT2D eigenvalue weighted by molar-refractivity contribution is 6.00. The van der Waals surface area contributed by atoms with Gasteiger partial charge in [0.25, 0.3) is 0 Å². The summed E-state index contributed by atoms with van der Waals surface area (Å²) < 4.78 is 0. The minimum Gasteiger partial charge on any atom is -0.398 e. The average molecular weight is 227 g/mol. The third-order valence-corrected chi connectivity index (χ3v) is 3.52. The predicted octanol–water partition coefficient (Wildman–Crippen LogP) is 2.95. The van der Waals surface area contributed by atoms with Gasteiger partial charge in [-0.2, -0.15) is 0 Å². The van der Waals surface area contributed by atoms with Gasteiger partial charge in [-0.25, -0.2) is 0 Å². The van der Waals surface area contributed by atoms with Crippen LogP contribution < -0.4 is 11.1 Å². The Morgan fingerprint density at radius 2 is 2.12 bits per heavy atom. The summed E-state index contributed by atoms with van der Waals surface area (Å²) in [5.74, 6) is 0.783. The lowest BCUT2D eigenvalue weighted by Gasteiger charge is -2.11. The largest absolute Gasteiger partial charge is 0.398 e. The Bertz CT molecular complexity index is 577. The molecule has 1 saturated carbocycles. The van der Waals surface area contributed by atoms with Gasteiger partial charge in [-0.3, -0.25) is 4.98 Å². The molecule has 3 N–H and O–H groups in total. The second-order valence-electron chi connectivity index (χ2n) is 5.04. The molecule has 2 aromatic rings. The standard InChI is InChI=1S/C14H17N3/c1-8-5-14(8)17-13-4-3-12(15)11-7-16-9(2)6-10(11)13/h3-4,6-8,14,17H,5,15H2,1-2H3. The van der Waals surface area contributed by atoms with Crippen molar-refractivity contribution >= 4 is 22.1 Å². The van der Waals surface area contributed by atoms with E-state index in [0.717, 1.165) is 22.7 Å². The van der Waals surface area contributed by atoms with Crippen LogP contribution in [-0.2, 0) is 0 Å². The number of aryl methyl sites for hydroxylation is 1. The first-order valence-electron chi connectivity index (χ1n) is 6.06. The molecular weight excluding hydrogens is 210 g/mol. The third-order valence-electron chi connectivity index (χ3n) is 3.52. The number of fused-ring (bicyclic) bond motifs is 1. The zero-order chi connectivity index (χ0) is 12.0. The fourth-order valence-corrected chi connectivity index (χ4v) is 2.21. The Morgan fingerprint density at radius 1 is 1.35 bits per heavy atom. The number of pyridine rings is 1. The molecule has 0 aliphatic heterocycles. The number of aromatic nitrogens is 1. The number of nitrogens with one attached hydrogen (secondary N) is 1. The Morgan fingerprint density at radius 3 is 2.82 bits per heavy atom. The number of nitrogens with two attached hydrogens (primary N) is 1. The molecule has 88 valence electrons. The molecule has 3 rings (SSSR count). The number of benzene rings is 1. The predicted molar refractivity (Wildman–Crippen MR) is 72.1 cm³/mol. The van der Waals surface area contributed by atoms with E-state index in [9.17, 15) is 0 Å². The Labute approximate surface area is 101 Å². The summed E-state index contributed by atoms with van der Waals surface area (Å²) in [5.41, 5.74) is 8.97. The third kappa shape index (κ3) is 1.82. The molecule has 0 bridgehead atoms. The van der Waals surface area contributed by atoms with Crippen molar-refractivity contribution < 1.29 is 0 Å². The van der Waals surface area contributed by atoms with E-state index in [1.54, 1.807) is 0 Å². The van der Waals surface area contributed by atoms with Crippen molar-refractivity contribution in [1.82, 2.24) is 4.98 Å². The summed E-state index contributed by atoms with van der Waals surface area (Å²) in [7, 11) is 0. The van der Waals surface area contributed by atoms with E-state index in [4.69, 9.17) is 5.73 Å². The van der Waals surface area contributed by atoms with Gasteiger partial charge in [0.15, 0.2) is 0 Å². The number of hydrogen-bond donors (Lipinski definition) is 2. The number of rotatable bonds is 2. The minimum atomic E-state index is 0.621. The molecule has 0 amide bonds. The summed E-state index contributed by atoms with van der Waals surface area (Å²) in [6, 6.07) is 6.74. The second kappa shape index (κ2) is 3.62. The zero-order valence-electron chi connectivity index (χ0n) is 10.2. The maximum atomic E-state index is 5.98. The van der Waals surface area contributed by atoms with E-state index in [2.05, 4.69) is 29.4 Å². The minimum absolute atomic E-state index is 0.621. The monoisotopic (exact) mass is 227 g/mol. The van der Waals surface area contributed by atoms with E-state index in [1.165, 1.54) is 17.5 Å².